The first kappa shape index (κ1) is 18.4. The second-order valence-electron chi connectivity index (χ2n) is 5.94. The molecule has 2 aromatic rings. The topological polar surface area (TPSA) is 105 Å². The molecule has 0 heterocycles. The Morgan fingerprint density at radius 1 is 1.04 bits per heavy atom. The summed E-state index contributed by atoms with van der Waals surface area (Å²) in [4.78, 5) is 35.8. The summed E-state index contributed by atoms with van der Waals surface area (Å²) in [6.45, 7) is 1.27. The number of amides is 2. The number of carbonyl (C=O) groups excluding carboxylic acids is 2. The minimum absolute atomic E-state index is 0.0414. The number of carboxylic acids is 1. The van der Waals surface area contributed by atoms with Crippen molar-refractivity contribution < 1.29 is 25.6 Å². The summed E-state index contributed by atoms with van der Waals surface area (Å²) in [5.41, 5.74) is 1.46. The molecule has 0 aromatic heterocycles. The predicted molar refractivity (Wildman–Crippen MR) is 98.9 cm³/mol. The third-order valence-corrected chi connectivity index (χ3v) is 3.77. The van der Waals surface area contributed by atoms with E-state index in [4.69, 9.17) is 11.3 Å². The van der Waals surface area contributed by atoms with Gasteiger partial charge < -0.3 is 20.5 Å². The van der Waals surface area contributed by atoms with Crippen LogP contribution in [0, 0.1) is 0 Å². The van der Waals surface area contributed by atoms with Gasteiger partial charge in [0, 0.05) is 6.42 Å². The Labute approximate surface area is 158 Å². The maximum absolute atomic E-state index is 12.5. The summed E-state index contributed by atoms with van der Waals surface area (Å²) in [7, 11) is 0. The standard InChI is InChI=1S/C20H22N2O5/c1-14(19(24)25)21-18(23)17(12-15-8-4-2-5-9-15)22-20(26)27-13-16-10-6-3-7-11-16/h2-11,14,17H,12-13H2,1H3,(H,21,23)(H,22,26)(H,24,25)/t14-,17+/m0/s1/i/hD. The van der Waals surface area contributed by atoms with Crippen molar-refractivity contribution in [2.45, 2.75) is 32.0 Å². The van der Waals surface area contributed by atoms with E-state index < -0.39 is 30.1 Å². The lowest BCUT2D eigenvalue weighted by Crippen LogP contribution is -2.51. The molecule has 0 spiro atoms. The van der Waals surface area contributed by atoms with Gasteiger partial charge in [0.25, 0.3) is 0 Å². The van der Waals surface area contributed by atoms with Gasteiger partial charge in [0.15, 0.2) is 1.41 Å². The van der Waals surface area contributed by atoms with Gasteiger partial charge in [0.1, 0.15) is 18.7 Å². The van der Waals surface area contributed by atoms with Crippen LogP contribution in [0.25, 0.3) is 0 Å². The molecule has 142 valence electrons. The van der Waals surface area contributed by atoms with E-state index in [-0.39, 0.29) is 13.0 Å². The van der Waals surface area contributed by atoms with Crippen LogP contribution in [0.1, 0.15) is 18.1 Å². The van der Waals surface area contributed by atoms with Gasteiger partial charge in [-0.15, -0.1) is 0 Å². The molecule has 0 bridgehead atoms. The molecule has 0 saturated carbocycles. The lowest BCUT2D eigenvalue weighted by Gasteiger charge is -2.20. The highest BCUT2D eigenvalue weighted by Gasteiger charge is 2.25. The number of benzene rings is 2. The van der Waals surface area contributed by atoms with Gasteiger partial charge in [0.05, 0.1) is 0 Å². The molecule has 2 amide bonds. The lowest BCUT2D eigenvalue weighted by molar-refractivity contribution is -0.141. The summed E-state index contributed by atoms with van der Waals surface area (Å²) in [6, 6.07) is 15.4. The third kappa shape index (κ3) is 6.81. The Morgan fingerprint density at radius 2 is 1.59 bits per heavy atom. The van der Waals surface area contributed by atoms with Gasteiger partial charge in [-0.1, -0.05) is 60.7 Å². The van der Waals surface area contributed by atoms with Gasteiger partial charge >= 0.3 is 12.1 Å². The minimum atomic E-state index is -1.24. The van der Waals surface area contributed by atoms with E-state index in [9.17, 15) is 14.4 Å². The monoisotopic (exact) mass is 371 g/mol. The molecule has 0 aliphatic rings. The first-order chi connectivity index (χ1) is 13.4. The van der Waals surface area contributed by atoms with E-state index in [2.05, 4.69) is 5.32 Å². The van der Waals surface area contributed by atoms with Gasteiger partial charge in [-0.25, -0.2) is 4.79 Å². The van der Waals surface area contributed by atoms with E-state index in [0.29, 0.717) is 5.31 Å². The highest BCUT2D eigenvalue weighted by molar-refractivity contribution is 5.89. The molecular formula is C20H22N2O5. The summed E-state index contributed by atoms with van der Waals surface area (Å²) in [6.07, 6.45) is -0.953. The van der Waals surface area contributed by atoms with Crippen molar-refractivity contribution >= 4 is 18.0 Å². The van der Waals surface area contributed by atoms with E-state index >= 15 is 0 Å². The van der Waals surface area contributed by atoms with Crippen LogP contribution >= 0.6 is 0 Å². The highest BCUT2D eigenvalue weighted by Crippen LogP contribution is 2.06. The van der Waals surface area contributed by atoms with E-state index in [0.717, 1.165) is 11.1 Å². The van der Waals surface area contributed by atoms with Crippen LogP contribution in [0.3, 0.4) is 0 Å². The van der Waals surface area contributed by atoms with Crippen molar-refractivity contribution in [1.29, 1.82) is 0 Å². The van der Waals surface area contributed by atoms with Gasteiger partial charge in [0.2, 0.25) is 5.91 Å². The van der Waals surface area contributed by atoms with E-state index in [1.165, 1.54) is 6.92 Å². The number of nitrogens with one attached hydrogen (secondary N) is 2. The maximum atomic E-state index is 12.5. The van der Waals surface area contributed by atoms with Crippen molar-refractivity contribution in [3.63, 3.8) is 0 Å². The molecule has 7 nitrogen and oxygen atoms in total. The lowest BCUT2D eigenvalue weighted by atomic mass is 10.1. The summed E-state index contributed by atoms with van der Waals surface area (Å²) in [5, 5.41) is 11.7. The molecule has 2 aromatic carbocycles. The molecule has 0 radical (unpaired) electrons. The van der Waals surface area contributed by atoms with Crippen molar-refractivity contribution in [1.82, 2.24) is 10.6 Å². The van der Waals surface area contributed by atoms with Crippen molar-refractivity contribution in [2.24, 2.45) is 0 Å². The average molecular weight is 371 g/mol. The zero-order valence-corrected chi connectivity index (χ0v) is 14.9. The van der Waals surface area contributed by atoms with Crippen LogP contribution in [0.5, 0.6) is 0 Å². The Balaban J connectivity index is 2.10. The van der Waals surface area contributed by atoms with Gasteiger partial charge in [-0.2, -0.15) is 0 Å². The first-order valence-electron chi connectivity index (χ1n) is 8.89. The van der Waals surface area contributed by atoms with Gasteiger partial charge in [-0.05, 0) is 18.1 Å². The van der Waals surface area contributed by atoms with Crippen LogP contribution < -0.4 is 10.6 Å². The quantitative estimate of drug-likeness (QED) is 0.659. The molecule has 27 heavy (non-hydrogen) atoms. The fourth-order valence-corrected chi connectivity index (χ4v) is 2.29. The Hall–Kier alpha value is -3.35. The Morgan fingerprint density at radius 3 is 2.15 bits per heavy atom. The molecule has 0 aliphatic carbocycles. The normalized spacial score (nSPS) is 13.0. The fourth-order valence-electron chi connectivity index (χ4n) is 2.29. The van der Waals surface area contributed by atoms with E-state index in [1.807, 2.05) is 6.07 Å². The third-order valence-electron chi connectivity index (χ3n) is 3.77. The molecule has 2 rings (SSSR count). The van der Waals surface area contributed by atoms with Crippen LogP contribution in [-0.2, 0) is 27.4 Å². The number of aliphatic carboxylic acids is 1. The minimum Gasteiger partial charge on any atom is -0.480 e. The highest BCUT2D eigenvalue weighted by atomic mass is 16.5. The SMILES string of the molecule is [2H]N(C(=O)OCc1ccccc1)[C@H](Cc1ccccc1)C(=O)N[C@@H](C)C(=O)O. The number of hydrogen-bond acceptors (Lipinski definition) is 4. The zero-order chi connectivity index (χ0) is 20.5. The smallest absolute Gasteiger partial charge is 0.408 e. The number of carbonyl (C=O) groups is 3. The number of carboxylic acid groups (broad SMARTS) is 1. The fraction of sp³-hybridized carbons (Fsp3) is 0.250. The van der Waals surface area contributed by atoms with Gasteiger partial charge in [-0.3, -0.25) is 9.59 Å². The van der Waals surface area contributed by atoms with Crippen LogP contribution in [0.4, 0.5) is 4.79 Å². The predicted octanol–water partition coefficient (Wildman–Crippen LogP) is 2.11. The average Bonchev–Trinajstić information content (AvgIpc) is 2.71. The molecule has 0 aliphatic heterocycles. The Bertz CT molecular complexity index is 801. The maximum Gasteiger partial charge on any atom is 0.408 e. The molecular weight excluding hydrogens is 348 g/mol. The number of alkyl carbamates (subject to hydrolysis) is 1. The summed E-state index contributed by atoms with van der Waals surface area (Å²) < 4.78 is 13.2. The van der Waals surface area contributed by atoms with E-state index in [1.54, 1.807) is 54.6 Å². The van der Waals surface area contributed by atoms with Crippen LogP contribution in [-0.4, -0.2) is 35.2 Å². The molecule has 7 heteroatoms. The second kappa shape index (κ2) is 9.96. The summed E-state index contributed by atoms with van der Waals surface area (Å²) in [5.74, 6) is -1.96. The molecule has 2 atom stereocenters. The molecule has 0 fully saturated rings. The first-order valence-corrected chi connectivity index (χ1v) is 8.44. The molecule has 0 unspecified atom stereocenters. The van der Waals surface area contributed by atoms with Crippen molar-refractivity contribution in [2.75, 3.05) is 0 Å². The number of ether oxygens (including phenoxy) is 1. The summed E-state index contributed by atoms with van der Waals surface area (Å²) >= 11 is 0. The largest absolute Gasteiger partial charge is 0.480 e. The molecule has 3 N–H and O–H groups in total. The molecule has 0 saturated heterocycles. The zero-order valence-electron chi connectivity index (χ0n) is 15.9. The van der Waals surface area contributed by atoms with Crippen molar-refractivity contribution in [3.05, 3.63) is 71.8 Å². The number of rotatable bonds is 8. The van der Waals surface area contributed by atoms with Crippen molar-refractivity contribution in [3.8, 4) is 0 Å². The van der Waals surface area contributed by atoms with Crippen LogP contribution in [0.2, 0.25) is 1.41 Å². The van der Waals surface area contributed by atoms with Crippen LogP contribution in [0.15, 0.2) is 60.7 Å². The number of hydrogen-bond donors (Lipinski definition) is 3. The second-order valence-corrected chi connectivity index (χ2v) is 5.94. The Kier molecular flexibility index (Phi) is 6.80.